The van der Waals surface area contributed by atoms with Crippen LogP contribution >= 0.6 is 0 Å². The van der Waals surface area contributed by atoms with Gasteiger partial charge < -0.3 is 10.1 Å². The summed E-state index contributed by atoms with van der Waals surface area (Å²) in [5, 5.41) is 10.5. The fraction of sp³-hybridized carbons (Fsp3) is 0.471. The number of halogens is 3. The third kappa shape index (κ3) is 3.96. The summed E-state index contributed by atoms with van der Waals surface area (Å²) < 4.78 is 37.7. The molecule has 7 heteroatoms. The van der Waals surface area contributed by atoms with Crippen molar-refractivity contribution in [3.63, 3.8) is 0 Å². The van der Waals surface area contributed by atoms with Gasteiger partial charge >= 0.3 is 6.18 Å². The van der Waals surface area contributed by atoms with Crippen LogP contribution in [0.4, 0.5) is 13.2 Å². The van der Waals surface area contributed by atoms with Gasteiger partial charge in [0.25, 0.3) is 0 Å². The van der Waals surface area contributed by atoms with Crippen LogP contribution in [0.3, 0.4) is 0 Å². The summed E-state index contributed by atoms with van der Waals surface area (Å²) in [7, 11) is 0. The molecule has 130 valence electrons. The second-order valence-corrected chi connectivity index (χ2v) is 6.21. The van der Waals surface area contributed by atoms with E-state index in [-0.39, 0.29) is 5.92 Å². The summed E-state index contributed by atoms with van der Waals surface area (Å²) in [5.74, 6) is 0.496. The van der Waals surface area contributed by atoms with E-state index in [1.54, 1.807) is 0 Å². The molecule has 2 heterocycles. The quantitative estimate of drug-likeness (QED) is 0.898. The lowest BCUT2D eigenvalue weighted by atomic mass is 9.87. The average Bonchev–Trinajstić information content (AvgIpc) is 3.05. The van der Waals surface area contributed by atoms with Gasteiger partial charge in [-0.2, -0.15) is 13.2 Å². The molecule has 1 unspecified atom stereocenters. The van der Waals surface area contributed by atoms with E-state index in [2.05, 4.69) is 14.9 Å². The molecule has 1 aliphatic heterocycles. The molecule has 0 bridgehead atoms. The Balaban J connectivity index is 1.53. The SMILES string of the molecule is OC(c1ccccc1)C1CCN(Cc2ncc(C(F)(F)F)[nH]2)CC1. The number of hydrogen-bond acceptors (Lipinski definition) is 3. The largest absolute Gasteiger partial charge is 0.432 e. The first-order chi connectivity index (χ1) is 11.4. The molecule has 1 saturated heterocycles. The predicted molar refractivity (Wildman–Crippen MR) is 83.0 cm³/mol. The van der Waals surface area contributed by atoms with Gasteiger partial charge in [-0.3, -0.25) is 4.90 Å². The van der Waals surface area contributed by atoms with Gasteiger partial charge in [-0.05, 0) is 37.4 Å². The van der Waals surface area contributed by atoms with Crippen LogP contribution in [0.1, 0.15) is 36.0 Å². The Labute approximate surface area is 138 Å². The highest BCUT2D eigenvalue weighted by molar-refractivity contribution is 5.18. The van der Waals surface area contributed by atoms with E-state index in [1.807, 2.05) is 30.3 Å². The molecule has 0 amide bonds. The van der Waals surface area contributed by atoms with Crippen LogP contribution < -0.4 is 0 Å². The number of rotatable bonds is 4. The number of benzene rings is 1. The average molecular weight is 339 g/mol. The second kappa shape index (κ2) is 6.94. The van der Waals surface area contributed by atoms with Crippen LogP contribution in [-0.4, -0.2) is 33.1 Å². The van der Waals surface area contributed by atoms with Crippen LogP contribution in [0, 0.1) is 5.92 Å². The van der Waals surface area contributed by atoms with Crippen molar-refractivity contribution < 1.29 is 18.3 Å². The molecule has 1 aromatic heterocycles. The van der Waals surface area contributed by atoms with Crippen molar-refractivity contribution in [3.8, 4) is 0 Å². The lowest BCUT2D eigenvalue weighted by molar-refractivity contribution is -0.141. The molecular formula is C17H20F3N3O. The van der Waals surface area contributed by atoms with Gasteiger partial charge in [0.15, 0.2) is 0 Å². The number of piperidine rings is 1. The Morgan fingerprint density at radius 1 is 1.21 bits per heavy atom. The van der Waals surface area contributed by atoms with Crippen molar-refractivity contribution in [3.05, 3.63) is 53.6 Å². The number of imidazole rings is 1. The minimum atomic E-state index is -4.39. The van der Waals surface area contributed by atoms with Crippen LogP contribution in [-0.2, 0) is 12.7 Å². The third-order valence-electron chi connectivity index (χ3n) is 4.53. The number of aliphatic hydroxyl groups is 1. The fourth-order valence-corrected chi connectivity index (χ4v) is 3.15. The summed E-state index contributed by atoms with van der Waals surface area (Å²) in [6.45, 7) is 1.83. The van der Waals surface area contributed by atoms with Gasteiger partial charge in [0, 0.05) is 0 Å². The first-order valence-electron chi connectivity index (χ1n) is 8.00. The van der Waals surface area contributed by atoms with E-state index in [0.717, 1.165) is 37.7 Å². The number of aliphatic hydroxyl groups excluding tert-OH is 1. The number of aromatic amines is 1. The van der Waals surface area contributed by atoms with Crippen molar-refractivity contribution in [2.24, 2.45) is 5.92 Å². The Hall–Kier alpha value is -1.86. The molecule has 3 rings (SSSR count). The first-order valence-corrected chi connectivity index (χ1v) is 8.00. The molecule has 1 fully saturated rings. The molecule has 1 aliphatic rings. The zero-order chi connectivity index (χ0) is 17.2. The lowest BCUT2D eigenvalue weighted by Crippen LogP contribution is -2.35. The van der Waals surface area contributed by atoms with Gasteiger partial charge in [-0.25, -0.2) is 4.98 Å². The standard InChI is InChI=1S/C17H20F3N3O/c18-17(19,20)14-10-21-15(22-14)11-23-8-6-13(7-9-23)16(24)12-4-2-1-3-5-12/h1-5,10,13,16,24H,6-9,11H2,(H,21,22). The lowest BCUT2D eigenvalue weighted by Gasteiger charge is -2.33. The van der Waals surface area contributed by atoms with Gasteiger partial charge in [0.1, 0.15) is 11.5 Å². The summed E-state index contributed by atoms with van der Waals surface area (Å²) >= 11 is 0. The van der Waals surface area contributed by atoms with Gasteiger partial charge in [-0.1, -0.05) is 30.3 Å². The van der Waals surface area contributed by atoms with Crippen molar-refractivity contribution in [2.45, 2.75) is 31.7 Å². The number of hydrogen-bond donors (Lipinski definition) is 2. The number of likely N-dealkylation sites (tertiary alicyclic amines) is 1. The molecule has 1 aromatic carbocycles. The maximum atomic E-state index is 12.6. The number of aromatic nitrogens is 2. The number of alkyl halides is 3. The Morgan fingerprint density at radius 3 is 2.46 bits per heavy atom. The number of nitrogens with one attached hydrogen (secondary N) is 1. The van der Waals surface area contributed by atoms with Gasteiger partial charge in [-0.15, -0.1) is 0 Å². The highest BCUT2D eigenvalue weighted by Crippen LogP contribution is 2.31. The van der Waals surface area contributed by atoms with Crippen LogP contribution in [0.5, 0.6) is 0 Å². The van der Waals surface area contributed by atoms with Crippen molar-refractivity contribution in [1.82, 2.24) is 14.9 Å². The van der Waals surface area contributed by atoms with Crippen LogP contribution in [0.15, 0.2) is 36.5 Å². The van der Waals surface area contributed by atoms with Gasteiger partial charge in [0.2, 0.25) is 0 Å². The zero-order valence-electron chi connectivity index (χ0n) is 13.1. The highest BCUT2D eigenvalue weighted by Gasteiger charge is 2.33. The van der Waals surface area contributed by atoms with Gasteiger partial charge in [0.05, 0.1) is 18.8 Å². The molecular weight excluding hydrogens is 319 g/mol. The molecule has 0 spiro atoms. The molecule has 2 N–H and O–H groups in total. The molecule has 1 atom stereocenters. The summed E-state index contributed by atoms with van der Waals surface area (Å²) in [6.07, 6.45) is -2.43. The smallest absolute Gasteiger partial charge is 0.388 e. The summed E-state index contributed by atoms with van der Waals surface area (Å²) in [6, 6.07) is 9.56. The van der Waals surface area contributed by atoms with E-state index in [0.29, 0.717) is 12.4 Å². The predicted octanol–water partition coefficient (Wildman–Crippen LogP) is 3.37. The van der Waals surface area contributed by atoms with Crippen LogP contribution in [0.25, 0.3) is 0 Å². The van der Waals surface area contributed by atoms with E-state index >= 15 is 0 Å². The molecule has 2 aromatic rings. The molecule has 4 nitrogen and oxygen atoms in total. The Bertz CT molecular complexity index is 649. The second-order valence-electron chi connectivity index (χ2n) is 6.21. The van der Waals surface area contributed by atoms with Crippen molar-refractivity contribution >= 4 is 0 Å². The monoisotopic (exact) mass is 339 g/mol. The highest BCUT2D eigenvalue weighted by atomic mass is 19.4. The van der Waals surface area contributed by atoms with E-state index in [4.69, 9.17) is 0 Å². The van der Waals surface area contributed by atoms with Crippen molar-refractivity contribution in [1.29, 1.82) is 0 Å². The third-order valence-corrected chi connectivity index (χ3v) is 4.53. The fourth-order valence-electron chi connectivity index (χ4n) is 3.15. The minimum Gasteiger partial charge on any atom is -0.388 e. The molecule has 0 saturated carbocycles. The maximum absolute atomic E-state index is 12.6. The summed E-state index contributed by atoms with van der Waals surface area (Å²) in [5.41, 5.74) is 0.101. The Morgan fingerprint density at radius 2 is 1.88 bits per heavy atom. The topological polar surface area (TPSA) is 52.1 Å². The Kier molecular flexibility index (Phi) is 4.91. The van der Waals surface area contributed by atoms with E-state index in [9.17, 15) is 18.3 Å². The molecule has 0 aliphatic carbocycles. The minimum absolute atomic E-state index is 0.172. The molecule has 0 radical (unpaired) electrons. The summed E-state index contributed by atoms with van der Waals surface area (Å²) in [4.78, 5) is 8.21. The zero-order valence-corrected chi connectivity index (χ0v) is 13.1. The number of nitrogens with zero attached hydrogens (tertiary/aromatic N) is 2. The van der Waals surface area contributed by atoms with E-state index < -0.39 is 18.0 Å². The normalized spacial score (nSPS) is 18.7. The maximum Gasteiger partial charge on any atom is 0.432 e. The van der Waals surface area contributed by atoms with Crippen molar-refractivity contribution in [2.75, 3.05) is 13.1 Å². The number of H-pyrrole nitrogens is 1. The van der Waals surface area contributed by atoms with Crippen LogP contribution in [0.2, 0.25) is 0 Å². The molecule has 24 heavy (non-hydrogen) atoms. The first kappa shape index (κ1) is 17.0. The van der Waals surface area contributed by atoms with E-state index in [1.165, 1.54) is 0 Å².